The summed E-state index contributed by atoms with van der Waals surface area (Å²) in [4.78, 5) is 17.3. The molecule has 0 unspecified atom stereocenters. The molecule has 0 saturated heterocycles. The van der Waals surface area contributed by atoms with Crippen LogP contribution in [-0.4, -0.2) is 78.4 Å². The highest BCUT2D eigenvalue weighted by molar-refractivity contribution is 5.37. The van der Waals surface area contributed by atoms with Crippen molar-refractivity contribution in [2.45, 2.75) is 124 Å². The largest absolute Gasteiger partial charge is 0.454 e. The maximum Gasteiger partial charge on any atom is 0.422 e. The molecule has 0 spiro atoms. The average Bonchev–Trinajstić information content (AvgIpc) is 3.13. The van der Waals surface area contributed by atoms with Gasteiger partial charge in [-0.05, 0) is 113 Å². The lowest BCUT2D eigenvalue weighted by Crippen LogP contribution is -2.61. The maximum absolute atomic E-state index is 16.3. The molecule has 334 valence electrons. The summed E-state index contributed by atoms with van der Waals surface area (Å²) in [6.45, 7) is -4.80. The predicted octanol–water partition coefficient (Wildman–Crippen LogP) is 9.41. The molecular weight excluding hydrogens is 856 g/mol. The van der Waals surface area contributed by atoms with Gasteiger partial charge in [0.05, 0.1) is 11.1 Å². The Kier molecular flexibility index (Phi) is 9.84. The van der Waals surface area contributed by atoms with Gasteiger partial charge in [0.1, 0.15) is 0 Å². The van der Waals surface area contributed by atoms with Crippen LogP contribution in [0.5, 0.6) is 12.0 Å². The summed E-state index contributed by atoms with van der Waals surface area (Å²) in [5.41, 5.74) is -3.18. The third-order valence-electron chi connectivity index (χ3n) is 12.9. The van der Waals surface area contributed by atoms with Crippen molar-refractivity contribution >= 4 is 11.9 Å². The summed E-state index contributed by atoms with van der Waals surface area (Å²) >= 11 is 0. The Labute approximate surface area is 328 Å². The standard InChI is InChI=1S/C34H34F16N8O2/c35-29(36,37)13-59-25-53-21(51-23(55-25)57(49)27-7-15-1-16(8-27)3-17(2-15)9-27)31(41,42)33(45,46)34(47,48)32(43,44)22-52-24(56-26(54-22)60-14-30(38,39)40)58(50)28-10-18-4-19(11-28)6-20(5-18)12-28/h15-20H,1-14H2. The molecule has 0 radical (unpaired) electrons. The number of anilines is 2. The van der Waals surface area contributed by atoms with Gasteiger partial charge >= 0.3 is 48.1 Å². The number of ether oxygens (including phenoxy) is 2. The maximum atomic E-state index is 16.3. The summed E-state index contributed by atoms with van der Waals surface area (Å²) in [6, 6.07) is -3.82. The van der Waals surface area contributed by atoms with E-state index in [0.717, 1.165) is 0 Å². The number of alkyl halides is 14. The molecule has 8 fully saturated rings. The van der Waals surface area contributed by atoms with E-state index in [9.17, 15) is 26.3 Å². The fraction of sp³-hybridized carbons (Fsp3) is 0.824. The zero-order valence-corrected chi connectivity index (χ0v) is 30.8. The van der Waals surface area contributed by atoms with Crippen LogP contribution in [-0.2, 0) is 11.8 Å². The van der Waals surface area contributed by atoms with E-state index in [4.69, 9.17) is 0 Å². The van der Waals surface area contributed by atoms with Crippen LogP contribution in [0, 0.1) is 35.5 Å². The molecule has 8 aliphatic carbocycles. The first kappa shape index (κ1) is 42.8. The molecule has 8 bridgehead atoms. The second-order valence-electron chi connectivity index (χ2n) is 17.4. The Morgan fingerprint density at radius 3 is 0.950 bits per heavy atom. The zero-order chi connectivity index (χ0) is 43.6. The van der Waals surface area contributed by atoms with Crippen molar-refractivity contribution in [2.24, 2.45) is 35.5 Å². The minimum absolute atomic E-state index is 0.0366. The van der Waals surface area contributed by atoms with E-state index >= 15 is 44.1 Å². The van der Waals surface area contributed by atoms with Gasteiger partial charge in [0.25, 0.3) is 11.9 Å². The highest BCUT2D eigenvalue weighted by atomic mass is 19.4. The second-order valence-corrected chi connectivity index (χ2v) is 17.4. The van der Waals surface area contributed by atoms with E-state index < -0.39 is 95.9 Å². The van der Waals surface area contributed by atoms with Crippen LogP contribution < -0.4 is 19.7 Å². The molecule has 8 aliphatic rings. The molecule has 0 aromatic carbocycles. The summed E-state index contributed by atoms with van der Waals surface area (Å²) in [5.74, 6) is -38.1. The van der Waals surface area contributed by atoms with Crippen molar-refractivity contribution in [1.82, 2.24) is 29.9 Å². The highest BCUT2D eigenvalue weighted by Crippen LogP contribution is 2.62. The molecule has 0 aliphatic heterocycles. The van der Waals surface area contributed by atoms with Crippen LogP contribution in [0.2, 0.25) is 0 Å². The van der Waals surface area contributed by atoms with Crippen LogP contribution in [0.1, 0.15) is 88.7 Å². The first-order valence-electron chi connectivity index (χ1n) is 19.0. The molecule has 2 aromatic heterocycles. The van der Waals surface area contributed by atoms with Crippen LogP contribution in [0.15, 0.2) is 0 Å². The lowest BCUT2D eigenvalue weighted by molar-refractivity contribution is -0.377. The monoisotopic (exact) mass is 890 g/mol. The Bertz CT molecular complexity index is 1760. The average molecular weight is 891 g/mol. The van der Waals surface area contributed by atoms with Crippen LogP contribution in [0.25, 0.3) is 0 Å². The summed E-state index contributed by atoms with van der Waals surface area (Å²) in [5, 5.41) is -0.711. The molecule has 26 heteroatoms. The van der Waals surface area contributed by atoms with Gasteiger partial charge in [0, 0.05) is 0 Å². The van der Waals surface area contributed by atoms with E-state index in [1.165, 1.54) is 0 Å². The first-order valence-corrected chi connectivity index (χ1v) is 19.0. The van der Waals surface area contributed by atoms with Gasteiger partial charge < -0.3 is 9.47 Å². The lowest BCUT2D eigenvalue weighted by Gasteiger charge is -2.57. The normalized spacial score (nSPS) is 31.5. The van der Waals surface area contributed by atoms with E-state index in [2.05, 4.69) is 39.4 Å². The second kappa shape index (κ2) is 13.8. The number of nitrogens with zero attached hydrogens (tertiary/aromatic N) is 8. The van der Waals surface area contributed by atoms with Gasteiger partial charge in [0.15, 0.2) is 13.2 Å². The fourth-order valence-corrected chi connectivity index (χ4v) is 11.3. The Balaban J connectivity index is 1.16. The van der Waals surface area contributed by atoms with E-state index in [1.807, 2.05) is 0 Å². The molecule has 2 aromatic rings. The van der Waals surface area contributed by atoms with Crippen molar-refractivity contribution in [3.8, 4) is 12.0 Å². The first-order chi connectivity index (χ1) is 27.6. The third kappa shape index (κ3) is 7.25. The van der Waals surface area contributed by atoms with Gasteiger partial charge in [-0.25, -0.2) is 0 Å². The van der Waals surface area contributed by atoms with Gasteiger partial charge in [0.2, 0.25) is 11.6 Å². The molecule has 8 saturated carbocycles. The summed E-state index contributed by atoms with van der Waals surface area (Å²) in [6.07, 6.45) is -6.38. The molecule has 10 rings (SSSR count). The molecule has 10 nitrogen and oxygen atoms in total. The quantitative estimate of drug-likeness (QED) is 0.143. The minimum Gasteiger partial charge on any atom is -0.454 e. The van der Waals surface area contributed by atoms with E-state index in [0.29, 0.717) is 38.5 Å². The Morgan fingerprint density at radius 1 is 0.433 bits per heavy atom. The van der Waals surface area contributed by atoms with Gasteiger partial charge in [-0.15, -0.1) is 0 Å². The molecule has 0 atom stereocenters. The predicted molar refractivity (Wildman–Crippen MR) is 169 cm³/mol. The van der Waals surface area contributed by atoms with E-state index in [1.54, 1.807) is 0 Å². The zero-order valence-electron chi connectivity index (χ0n) is 30.8. The topological polar surface area (TPSA) is 102 Å². The number of hydrogen-bond acceptors (Lipinski definition) is 10. The number of aromatic nitrogens is 6. The van der Waals surface area contributed by atoms with Crippen molar-refractivity contribution < 1.29 is 79.9 Å². The van der Waals surface area contributed by atoms with Crippen LogP contribution in [0.3, 0.4) is 0 Å². The van der Waals surface area contributed by atoms with Gasteiger partial charge in [-0.3, -0.25) is 0 Å². The number of hydrogen-bond donors (Lipinski definition) is 0. The SMILES string of the molecule is FN(c1nc(OCC(F)(F)F)nc(C(F)(F)C(F)(F)C(F)(F)C(F)(F)c2nc(OCC(F)(F)F)nc(N(F)C34CC5CC(CC(C5)C3)C4)n2)n1)C12CC3CC(CC(C3)C1)C2. The van der Waals surface area contributed by atoms with Crippen LogP contribution >= 0.6 is 0 Å². The molecular formula is C34H34F16N8O2. The lowest BCUT2D eigenvalue weighted by atomic mass is 9.53. The van der Waals surface area contributed by atoms with Crippen LogP contribution in [0.4, 0.5) is 82.3 Å². The van der Waals surface area contributed by atoms with Crippen molar-refractivity contribution in [1.29, 1.82) is 0 Å². The summed E-state index contributed by atoms with van der Waals surface area (Å²) < 4.78 is 246. The Hall–Kier alpha value is -3.90. The molecule has 0 amide bonds. The smallest absolute Gasteiger partial charge is 0.422 e. The van der Waals surface area contributed by atoms with Crippen molar-refractivity contribution in [3.63, 3.8) is 0 Å². The molecule has 0 N–H and O–H groups in total. The summed E-state index contributed by atoms with van der Waals surface area (Å²) in [7, 11) is 0. The van der Waals surface area contributed by atoms with Crippen molar-refractivity contribution in [3.05, 3.63) is 11.6 Å². The molecule has 2 heterocycles. The number of rotatable bonds is 13. The van der Waals surface area contributed by atoms with Crippen molar-refractivity contribution in [2.75, 3.05) is 23.5 Å². The van der Waals surface area contributed by atoms with Gasteiger partial charge in [-0.2, -0.15) is 102 Å². The Morgan fingerprint density at radius 2 is 0.700 bits per heavy atom. The highest BCUT2D eigenvalue weighted by Gasteiger charge is 2.83. The van der Waals surface area contributed by atoms with Gasteiger partial charge in [-0.1, -0.05) is 8.96 Å². The fourth-order valence-electron chi connectivity index (χ4n) is 11.3. The number of halogens is 16. The minimum atomic E-state index is -7.43. The third-order valence-corrected chi connectivity index (χ3v) is 12.9. The van der Waals surface area contributed by atoms with E-state index in [-0.39, 0.29) is 84.3 Å². The molecule has 60 heavy (non-hydrogen) atoms.